The fraction of sp³-hybridized carbons (Fsp3) is 0.675. The predicted molar refractivity (Wildman–Crippen MR) is 362 cm³/mol. The number of hydrogen-bond acceptors (Lipinski definition) is 6. The van der Waals surface area contributed by atoms with Gasteiger partial charge in [-0.05, 0) is 135 Å². The molecule has 0 aromatic rings. The minimum atomic E-state index is -0.797. The van der Waals surface area contributed by atoms with E-state index in [0.717, 1.165) is 154 Å². The molecule has 0 aromatic carbocycles. The Hall–Kier alpha value is -4.45. The highest BCUT2D eigenvalue weighted by molar-refractivity contribution is 5.71. The van der Waals surface area contributed by atoms with Crippen LogP contribution in [0.2, 0.25) is 0 Å². The van der Waals surface area contributed by atoms with Gasteiger partial charge >= 0.3 is 17.9 Å². The van der Waals surface area contributed by atoms with Crippen molar-refractivity contribution in [3.8, 4) is 0 Å². The van der Waals surface area contributed by atoms with Gasteiger partial charge in [0.25, 0.3) is 0 Å². The Balaban J connectivity index is 4.30. The smallest absolute Gasteiger partial charge is 0.306 e. The van der Waals surface area contributed by atoms with Crippen LogP contribution in [-0.4, -0.2) is 37.2 Å². The van der Waals surface area contributed by atoms with Gasteiger partial charge in [-0.15, -0.1) is 0 Å². The Labute approximate surface area is 513 Å². The molecule has 6 nitrogen and oxygen atoms in total. The maximum Gasteiger partial charge on any atom is 0.306 e. The Bertz CT molecular complexity index is 1750. The number of hydrogen-bond donors (Lipinski definition) is 0. The summed E-state index contributed by atoms with van der Waals surface area (Å²) < 4.78 is 16.9. The van der Waals surface area contributed by atoms with Gasteiger partial charge in [-0.2, -0.15) is 0 Å². The molecule has 0 saturated heterocycles. The van der Waals surface area contributed by atoms with E-state index in [9.17, 15) is 14.4 Å². The molecule has 0 amide bonds. The summed E-state index contributed by atoms with van der Waals surface area (Å²) in [6, 6.07) is 0. The summed E-state index contributed by atoms with van der Waals surface area (Å²) in [7, 11) is 0. The van der Waals surface area contributed by atoms with Crippen molar-refractivity contribution in [2.45, 2.75) is 322 Å². The molecule has 0 aliphatic rings. The van der Waals surface area contributed by atoms with Gasteiger partial charge in [0.1, 0.15) is 13.2 Å². The monoisotopic (exact) mass is 1150 g/mol. The van der Waals surface area contributed by atoms with Crippen LogP contribution in [0, 0.1) is 0 Å². The second-order valence-corrected chi connectivity index (χ2v) is 22.7. The minimum absolute atomic E-state index is 0.0907. The molecule has 0 N–H and O–H groups in total. The van der Waals surface area contributed by atoms with E-state index in [1.807, 2.05) is 0 Å². The first-order valence-corrected chi connectivity index (χ1v) is 34.7. The molecule has 83 heavy (non-hydrogen) atoms. The van der Waals surface area contributed by atoms with Crippen LogP contribution in [0.5, 0.6) is 0 Å². The number of allylic oxidation sites excluding steroid dienone is 22. The van der Waals surface area contributed by atoms with Crippen molar-refractivity contribution in [3.63, 3.8) is 0 Å². The molecule has 1 atom stereocenters. The Morgan fingerprint density at radius 1 is 0.253 bits per heavy atom. The molecule has 0 aliphatic heterocycles. The van der Waals surface area contributed by atoms with E-state index in [2.05, 4.69) is 154 Å². The third-order valence-corrected chi connectivity index (χ3v) is 14.6. The first kappa shape index (κ1) is 78.5. The summed E-state index contributed by atoms with van der Waals surface area (Å²) in [5.74, 6) is -0.913. The summed E-state index contributed by atoms with van der Waals surface area (Å²) in [6.07, 6.45) is 99.0. The average molecular weight is 1150 g/mol. The van der Waals surface area contributed by atoms with E-state index in [1.54, 1.807) is 0 Å². The van der Waals surface area contributed by atoms with E-state index in [0.29, 0.717) is 19.3 Å². The molecule has 0 fully saturated rings. The summed E-state index contributed by atoms with van der Waals surface area (Å²) in [4.78, 5) is 38.4. The predicted octanol–water partition coefficient (Wildman–Crippen LogP) is 24.1. The molecule has 0 rings (SSSR count). The third kappa shape index (κ3) is 68.2. The van der Waals surface area contributed by atoms with Gasteiger partial charge in [0, 0.05) is 19.3 Å². The van der Waals surface area contributed by atoms with Crippen molar-refractivity contribution in [2.75, 3.05) is 13.2 Å². The average Bonchev–Trinajstić information content (AvgIpc) is 3.49. The summed E-state index contributed by atoms with van der Waals surface area (Å²) in [5.41, 5.74) is 0. The fourth-order valence-corrected chi connectivity index (χ4v) is 9.49. The maximum absolute atomic E-state index is 12.9. The second kappa shape index (κ2) is 70.0. The van der Waals surface area contributed by atoms with Crippen LogP contribution in [0.15, 0.2) is 134 Å². The van der Waals surface area contributed by atoms with Crippen molar-refractivity contribution >= 4 is 17.9 Å². The molecular formula is C77H128O6. The molecule has 0 saturated carbocycles. The molecule has 0 aliphatic carbocycles. The van der Waals surface area contributed by atoms with Gasteiger partial charge in [-0.3, -0.25) is 14.4 Å². The highest BCUT2D eigenvalue weighted by Crippen LogP contribution is 2.16. The minimum Gasteiger partial charge on any atom is -0.462 e. The molecule has 0 bridgehead atoms. The first-order valence-electron chi connectivity index (χ1n) is 34.7. The van der Waals surface area contributed by atoms with Crippen LogP contribution in [0.3, 0.4) is 0 Å². The number of ether oxygens (including phenoxy) is 3. The van der Waals surface area contributed by atoms with Gasteiger partial charge in [0.15, 0.2) is 6.10 Å². The summed E-state index contributed by atoms with van der Waals surface area (Å²) in [5, 5.41) is 0. The molecule has 0 spiro atoms. The molecule has 1 unspecified atom stereocenters. The maximum atomic E-state index is 12.9. The van der Waals surface area contributed by atoms with Crippen molar-refractivity contribution in [1.82, 2.24) is 0 Å². The van der Waals surface area contributed by atoms with E-state index in [4.69, 9.17) is 14.2 Å². The Kier molecular flexibility index (Phi) is 66.3. The van der Waals surface area contributed by atoms with E-state index >= 15 is 0 Å². The lowest BCUT2D eigenvalue weighted by molar-refractivity contribution is -0.167. The van der Waals surface area contributed by atoms with Crippen LogP contribution < -0.4 is 0 Å². The summed E-state index contributed by atoms with van der Waals surface area (Å²) >= 11 is 0. The van der Waals surface area contributed by atoms with Crippen molar-refractivity contribution < 1.29 is 28.6 Å². The van der Waals surface area contributed by atoms with Crippen LogP contribution >= 0.6 is 0 Å². The van der Waals surface area contributed by atoms with Gasteiger partial charge in [0.05, 0.1) is 0 Å². The van der Waals surface area contributed by atoms with Crippen molar-refractivity contribution in [3.05, 3.63) is 134 Å². The highest BCUT2D eigenvalue weighted by atomic mass is 16.6. The summed E-state index contributed by atoms with van der Waals surface area (Å²) in [6.45, 7) is 6.38. The number of rotatable bonds is 62. The molecule has 0 aromatic heterocycles. The zero-order valence-electron chi connectivity index (χ0n) is 54.2. The number of carbonyl (C=O) groups is 3. The zero-order valence-corrected chi connectivity index (χ0v) is 54.2. The Morgan fingerprint density at radius 2 is 0.470 bits per heavy atom. The van der Waals surface area contributed by atoms with Crippen LogP contribution in [-0.2, 0) is 28.6 Å². The lowest BCUT2D eigenvalue weighted by Crippen LogP contribution is -2.30. The third-order valence-electron chi connectivity index (χ3n) is 14.6. The van der Waals surface area contributed by atoms with E-state index in [1.165, 1.54) is 122 Å². The largest absolute Gasteiger partial charge is 0.462 e. The lowest BCUT2D eigenvalue weighted by Gasteiger charge is -2.18. The van der Waals surface area contributed by atoms with Crippen LogP contribution in [0.25, 0.3) is 0 Å². The number of unbranched alkanes of at least 4 members (excludes halogenated alkanes) is 29. The molecule has 0 radical (unpaired) electrons. The molecule has 0 heterocycles. The topological polar surface area (TPSA) is 78.9 Å². The normalized spacial score (nSPS) is 13.0. The van der Waals surface area contributed by atoms with E-state index in [-0.39, 0.29) is 31.1 Å². The molecule has 6 heteroatoms. The fourth-order valence-electron chi connectivity index (χ4n) is 9.49. The zero-order chi connectivity index (χ0) is 59.9. The Morgan fingerprint density at radius 3 is 0.735 bits per heavy atom. The number of carbonyl (C=O) groups excluding carboxylic acids is 3. The first-order chi connectivity index (χ1) is 41.0. The van der Waals surface area contributed by atoms with Crippen LogP contribution in [0.4, 0.5) is 0 Å². The lowest BCUT2D eigenvalue weighted by atomic mass is 10.0. The molecule has 472 valence electrons. The van der Waals surface area contributed by atoms with Gasteiger partial charge in [0.2, 0.25) is 0 Å². The molecular weight excluding hydrogens is 1020 g/mol. The quantitative estimate of drug-likeness (QED) is 0.0261. The van der Waals surface area contributed by atoms with Crippen LogP contribution in [0.1, 0.15) is 316 Å². The van der Waals surface area contributed by atoms with Gasteiger partial charge in [-0.25, -0.2) is 0 Å². The second-order valence-electron chi connectivity index (χ2n) is 22.7. The highest BCUT2D eigenvalue weighted by Gasteiger charge is 2.19. The van der Waals surface area contributed by atoms with E-state index < -0.39 is 6.10 Å². The van der Waals surface area contributed by atoms with Crippen molar-refractivity contribution in [2.24, 2.45) is 0 Å². The SMILES string of the molecule is CC/C=C\C/C=C\C/C=C\C/C=C\C/C=C\CCCCCCCCCCCCCCCCCC(=O)OCC(COC(=O)CCCCCCC/C=C\C/C=C\C/C=C\CC)OC(=O)CCCCCCCC/C=C\C/C=C\C/C=C\CCCCC. The standard InChI is InChI=1S/C77H128O6/c1-4-7-10-13-16-19-22-25-28-30-32-33-34-35-36-37-38-39-40-41-42-43-45-46-49-52-55-58-61-64-67-70-76(79)82-73-74(72-81-75(78)69-66-63-60-57-54-51-48-27-24-21-18-15-12-9-6-3)83-77(80)71-68-65-62-59-56-53-50-47-44-31-29-26-23-20-17-14-11-8-5-2/h7,9-10,12,16-21,25-29,32-33,35-36,44,47-48,74H,4-6,8,11,13-15,22-24,30-31,34,37-43,45-46,49-73H2,1-3H3/b10-7-,12-9-,19-16-,20-17-,21-18-,28-25-,29-26-,33-32-,36-35-,47-44-,48-27-. The van der Waals surface area contributed by atoms with Gasteiger partial charge in [-0.1, -0.05) is 296 Å². The van der Waals surface area contributed by atoms with Crippen molar-refractivity contribution in [1.29, 1.82) is 0 Å². The van der Waals surface area contributed by atoms with Gasteiger partial charge < -0.3 is 14.2 Å². The number of esters is 3.